The molecule has 1 atom stereocenters. The van der Waals surface area contributed by atoms with Gasteiger partial charge in [-0.05, 0) is 61.8 Å². The molecule has 0 saturated carbocycles. The molecule has 2 aromatic heterocycles. The number of aliphatic imine (C=N–C) groups is 1. The molecule has 0 fully saturated rings. The van der Waals surface area contributed by atoms with Crippen molar-refractivity contribution in [2.75, 3.05) is 5.32 Å². The molecular formula is C31H37N5O3SSi. The third kappa shape index (κ3) is 5.77. The van der Waals surface area contributed by atoms with E-state index < -0.39 is 20.3 Å². The maximum absolute atomic E-state index is 11.9. The molecule has 0 amide bonds. The number of nitrogens with zero attached hydrogens (tertiary/aromatic N) is 4. The summed E-state index contributed by atoms with van der Waals surface area (Å²) >= 11 is 1.65. The standard InChI is InChI=1S/C31H37N5O3SSi/c1-19-25(18-39-41(6,7)31(3,4)5)40-30-27(19)28(33-24(17-26(37)38)29-35-34-20(2)36(29)30)21-13-15-23(16-14-21)32-22-11-9-8-10-12-22/h8-16,24,32H,17-18H2,1-7H3,(H,37,38)/t24-/m0/s1. The van der Waals surface area contributed by atoms with Gasteiger partial charge in [-0.15, -0.1) is 21.5 Å². The Bertz CT molecular complexity index is 1600. The molecule has 41 heavy (non-hydrogen) atoms. The Morgan fingerprint density at radius 2 is 1.71 bits per heavy atom. The molecule has 0 bridgehead atoms. The number of nitrogens with one attached hydrogen (secondary N) is 1. The molecule has 8 nitrogen and oxygen atoms in total. The highest BCUT2D eigenvalue weighted by molar-refractivity contribution is 7.15. The number of carboxylic acids is 1. The molecular weight excluding hydrogens is 551 g/mol. The monoisotopic (exact) mass is 587 g/mol. The molecule has 2 aromatic carbocycles. The van der Waals surface area contributed by atoms with Crippen molar-refractivity contribution in [2.24, 2.45) is 4.99 Å². The number of aliphatic carboxylic acids is 1. The van der Waals surface area contributed by atoms with Crippen molar-refractivity contribution in [3.63, 3.8) is 0 Å². The van der Waals surface area contributed by atoms with Crippen LogP contribution in [-0.4, -0.2) is 39.9 Å². The first kappa shape index (κ1) is 28.9. The summed E-state index contributed by atoms with van der Waals surface area (Å²) in [5, 5.41) is 23.0. The van der Waals surface area contributed by atoms with Gasteiger partial charge in [0.15, 0.2) is 14.1 Å². The molecule has 4 aromatic rings. The van der Waals surface area contributed by atoms with E-state index in [1.54, 1.807) is 11.3 Å². The zero-order chi connectivity index (χ0) is 29.5. The van der Waals surface area contributed by atoms with E-state index in [1.165, 1.54) is 0 Å². The lowest BCUT2D eigenvalue weighted by molar-refractivity contribution is -0.137. The van der Waals surface area contributed by atoms with Gasteiger partial charge in [0.1, 0.15) is 16.9 Å². The van der Waals surface area contributed by atoms with E-state index in [4.69, 9.17) is 9.42 Å². The SMILES string of the molecule is Cc1c(CO[Si](C)(C)C(C)(C)C)sc2c1C(c1ccc(Nc3ccccc3)cc1)=N[C@@H](CC(=O)O)c1nnc(C)n1-2. The summed E-state index contributed by atoms with van der Waals surface area (Å²) in [5.41, 5.74) is 5.69. The number of aromatic nitrogens is 3. The molecule has 214 valence electrons. The molecule has 1 aliphatic heterocycles. The number of hydrogen-bond donors (Lipinski definition) is 2. The van der Waals surface area contributed by atoms with Crippen LogP contribution < -0.4 is 5.32 Å². The number of carboxylic acid groups (broad SMARTS) is 1. The number of anilines is 2. The second kappa shape index (κ2) is 11.0. The summed E-state index contributed by atoms with van der Waals surface area (Å²) < 4.78 is 8.62. The van der Waals surface area contributed by atoms with Crippen molar-refractivity contribution in [2.45, 2.75) is 71.8 Å². The predicted molar refractivity (Wildman–Crippen MR) is 167 cm³/mol. The van der Waals surface area contributed by atoms with Crippen LogP contribution in [0.25, 0.3) is 5.00 Å². The molecule has 0 spiro atoms. The Balaban J connectivity index is 1.61. The average molecular weight is 588 g/mol. The van der Waals surface area contributed by atoms with Crippen LogP contribution in [0.15, 0.2) is 59.6 Å². The lowest BCUT2D eigenvalue weighted by atomic mass is 9.99. The summed E-state index contributed by atoms with van der Waals surface area (Å²) in [6.45, 7) is 15.8. The van der Waals surface area contributed by atoms with Crippen LogP contribution in [0.1, 0.15) is 66.5 Å². The van der Waals surface area contributed by atoms with Gasteiger partial charge in [-0.1, -0.05) is 51.1 Å². The van der Waals surface area contributed by atoms with Crippen LogP contribution in [-0.2, 0) is 15.8 Å². The first-order valence-electron chi connectivity index (χ1n) is 13.8. The molecule has 0 saturated heterocycles. The molecule has 5 rings (SSSR count). The summed E-state index contributed by atoms with van der Waals surface area (Å²) in [5.74, 6) is 0.313. The Morgan fingerprint density at radius 3 is 2.34 bits per heavy atom. The number of para-hydroxylation sites is 1. The minimum absolute atomic E-state index is 0.0967. The van der Waals surface area contributed by atoms with Gasteiger partial charge in [0.2, 0.25) is 0 Å². The fourth-order valence-corrected chi connectivity index (χ4v) is 6.94. The Hall–Kier alpha value is -3.60. The normalized spacial score (nSPS) is 15.1. The van der Waals surface area contributed by atoms with Crippen molar-refractivity contribution in [3.05, 3.63) is 87.8 Å². The number of hydrogen-bond acceptors (Lipinski definition) is 7. The zero-order valence-corrected chi connectivity index (χ0v) is 26.5. The smallest absolute Gasteiger partial charge is 0.306 e. The summed E-state index contributed by atoms with van der Waals surface area (Å²) in [4.78, 5) is 18.1. The van der Waals surface area contributed by atoms with Crippen LogP contribution in [0.5, 0.6) is 0 Å². The maximum atomic E-state index is 11.9. The molecule has 2 N–H and O–H groups in total. The number of aryl methyl sites for hydroxylation is 1. The highest BCUT2D eigenvalue weighted by Crippen LogP contribution is 2.42. The Kier molecular flexibility index (Phi) is 7.75. The van der Waals surface area contributed by atoms with Crippen molar-refractivity contribution in [1.82, 2.24) is 14.8 Å². The van der Waals surface area contributed by atoms with Crippen molar-refractivity contribution < 1.29 is 14.3 Å². The van der Waals surface area contributed by atoms with Gasteiger partial charge < -0.3 is 14.8 Å². The van der Waals surface area contributed by atoms with Gasteiger partial charge in [-0.2, -0.15) is 0 Å². The van der Waals surface area contributed by atoms with Crippen molar-refractivity contribution in [1.29, 1.82) is 0 Å². The molecule has 0 aliphatic carbocycles. The summed E-state index contributed by atoms with van der Waals surface area (Å²) in [6.07, 6.45) is -0.176. The lowest BCUT2D eigenvalue weighted by Crippen LogP contribution is -2.40. The van der Waals surface area contributed by atoms with E-state index in [2.05, 4.69) is 56.3 Å². The minimum Gasteiger partial charge on any atom is -0.481 e. The number of benzene rings is 2. The fraction of sp³-hybridized carbons (Fsp3) is 0.355. The number of rotatable bonds is 8. The predicted octanol–water partition coefficient (Wildman–Crippen LogP) is 7.58. The van der Waals surface area contributed by atoms with Gasteiger partial charge in [-0.3, -0.25) is 14.4 Å². The van der Waals surface area contributed by atoms with Crippen LogP contribution in [0, 0.1) is 13.8 Å². The quantitative estimate of drug-likeness (QED) is 0.206. The molecule has 1 aliphatic rings. The first-order chi connectivity index (χ1) is 19.4. The minimum atomic E-state index is -1.98. The van der Waals surface area contributed by atoms with Crippen molar-refractivity contribution >= 4 is 42.7 Å². The second-order valence-electron chi connectivity index (χ2n) is 12.0. The number of carbonyl (C=O) groups is 1. The van der Waals surface area contributed by atoms with E-state index >= 15 is 0 Å². The first-order valence-corrected chi connectivity index (χ1v) is 17.5. The second-order valence-corrected chi connectivity index (χ2v) is 17.9. The molecule has 0 unspecified atom stereocenters. The van der Waals surface area contributed by atoms with Gasteiger partial charge in [0.25, 0.3) is 0 Å². The number of thiophene rings is 1. The average Bonchev–Trinajstić information content (AvgIpc) is 3.40. The Labute approximate surface area is 246 Å². The van der Waals surface area contributed by atoms with E-state index in [9.17, 15) is 9.90 Å². The van der Waals surface area contributed by atoms with Crippen LogP contribution in [0.3, 0.4) is 0 Å². The third-order valence-electron chi connectivity index (χ3n) is 8.06. The van der Waals surface area contributed by atoms with E-state index in [1.807, 2.05) is 66.1 Å². The van der Waals surface area contributed by atoms with Crippen molar-refractivity contribution in [3.8, 4) is 5.00 Å². The largest absolute Gasteiger partial charge is 0.481 e. The van der Waals surface area contributed by atoms with Crippen LogP contribution in [0.2, 0.25) is 18.1 Å². The third-order valence-corrected chi connectivity index (χ3v) is 13.8. The van der Waals surface area contributed by atoms with Crippen LogP contribution in [0.4, 0.5) is 11.4 Å². The fourth-order valence-electron chi connectivity index (χ4n) is 4.63. The van der Waals surface area contributed by atoms with Gasteiger partial charge in [-0.25, -0.2) is 0 Å². The summed E-state index contributed by atoms with van der Waals surface area (Å²) in [6, 6.07) is 17.5. The maximum Gasteiger partial charge on any atom is 0.306 e. The Morgan fingerprint density at radius 1 is 1.05 bits per heavy atom. The lowest BCUT2D eigenvalue weighted by Gasteiger charge is -2.36. The summed E-state index contributed by atoms with van der Waals surface area (Å²) in [7, 11) is -1.98. The van der Waals surface area contributed by atoms with Gasteiger partial charge >= 0.3 is 5.97 Å². The van der Waals surface area contributed by atoms with Gasteiger partial charge in [0.05, 0.1) is 18.7 Å². The van der Waals surface area contributed by atoms with E-state index in [0.29, 0.717) is 18.3 Å². The van der Waals surface area contributed by atoms with Gasteiger partial charge in [0, 0.05) is 27.4 Å². The van der Waals surface area contributed by atoms with E-state index in [0.717, 1.165) is 43.7 Å². The highest BCUT2D eigenvalue weighted by atomic mass is 32.1. The molecule has 3 heterocycles. The van der Waals surface area contributed by atoms with E-state index in [-0.39, 0.29) is 11.5 Å². The number of fused-ring (bicyclic) bond motifs is 3. The van der Waals surface area contributed by atoms with Crippen LogP contribution >= 0.6 is 11.3 Å². The highest BCUT2D eigenvalue weighted by Gasteiger charge is 2.38. The topological polar surface area (TPSA) is 102 Å². The molecule has 10 heteroatoms. The molecule has 0 radical (unpaired) electrons. The zero-order valence-electron chi connectivity index (χ0n) is 24.6.